The molecule has 1 amide bonds. The van der Waals surface area contributed by atoms with Crippen molar-refractivity contribution in [3.63, 3.8) is 0 Å². The lowest BCUT2D eigenvalue weighted by atomic mass is 9.98. The molecule has 0 aliphatic heterocycles. The Morgan fingerprint density at radius 2 is 2.09 bits per heavy atom. The number of rotatable bonds is 7. The summed E-state index contributed by atoms with van der Waals surface area (Å²) in [6, 6.07) is 8.06. The molecule has 2 aromatic rings. The molecule has 0 spiro atoms. The molecule has 1 atom stereocenters. The number of benzene rings is 1. The number of aryl methyl sites for hydroxylation is 1. The fourth-order valence-electron chi connectivity index (χ4n) is 2.26. The van der Waals surface area contributed by atoms with Crippen molar-refractivity contribution in [2.75, 3.05) is 13.7 Å². The molecule has 0 aliphatic rings. The second-order valence-electron chi connectivity index (χ2n) is 5.30. The number of carbonyl (C=O) groups excluding carboxylic acids is 1. The summed E-state index contributed by atoms with van der Waals surface area (Å²) < 4.78 is 6.90. The van der Waals surface area contributed by atoms with Crippen LogP contribution in [0.15, 0.2) is 36.7 Å². The monoisotopic (exact) mass is 301 g/mol. The van der Waals surface area contributed by atoms with E-state index in [1.165, 1.54) is 5.56 Å². The van der Waals surface area contributed by atoms with Crippen molar-refractivity contribution in [1.82, 2.24) is 15.1 Å². The zero-order valence-electron chi connectivity index (χ0n) is 13.4. The number of hydrogen-bond acceptors (Lipinski definition) is 3. The number of carbonyl (C=O) groups is 1. The lowest BCUT2D eigenvalue weighted by Crippen LogP contribution is -2.25. The smallest absolute Gasteiger partial charge is 0.254 e. The molecule has 1 heterocycles. The molecule has 0 bridgehead atoms. The Balaban J connectivity index is 1.80. The van der Waals surface area contributed by atoms with Gasteiger partial charge in [-0.3, -0.25) is 9.48 Å². The Morgan fingerprint density at radius 1 is 1.36 bits per heavy atom. The molecule has 22 heavy (non-hydrogen) atoms. The van der Waals surface area contributed by atoms with E-state index in [0.717, 1.165) is 18.7 Å². The van der Waals surface area contributed by atoms with E-state index in [1.54, 1.807) is 24.2 Å². The maximum Gasteiger partial charge on any atom is 0.254 e. The van der Waals surface area contributed by atoms with E-state index in [0.29, 0.717) is 18.0 Å². The molecule has 0 saturated heterocycles. The highest BCUT2D eigenvalue weighted by Crippen LogP contribution is 2.21. The first kappa shape index (κ1) is 16.1. The number of aromatic nitrogens is 2. The molecule has 0 saturated carbocycles. The maximum atomic E-state index is 12.0. The summed E-state index contributed by atoms with van der Waals surface area (Å²) in [5.41, 5.74) is 1.85. The molecule has 1 aromatic carbocycles. The van der Waals surface area contributed by atoms with E-state index >= 15 is 0 Å². The molecule has 5 nitrogen and oxygen atoms in total. The third-order valence-corrected chi connectivity index (χ3v) is 3.77. The Morgan fingerprint density at radius 3 is 2.68 bits per heavy atom. The molecule has 5 heteroatoms. The summed E-state index contributed by atoms with van der Waals surface area (Å²) in [5, 5.41) is 7.05. The summed E-state index contributed by atoms with van der Waals surface area (Å²) in [6.45, 7) is 5.55. The summed E-state index contributed by atoms with van der Waals surface area (Å²) >= 11 is 0. The van der Waals surface area contributed by atoms with Gasteiger partial charge in [-0.1, -0.05) is 19.1 Å². The fourth-order valence-corrected chi connectivity index (χ4v) is 2.26. The summed E-state index contributed by atoms with van der Waals surface area (Å²) in [4.78, 5) is 12.0. The largest absolute Gasteiger partial charge is 0.497 e. The number of methoxy groups -OCH3 is 1. The Hall–Kier alpha value is -2.30. The van der Waals surface area contributed by atoms with Crippen molar-refractivity contribution in [1.29, 1.82) is 0 Å². The minimum atomic E-state index is -0.0679. The summed E-state index contributed by atoms with van der Waals surface area (Å²) in [6.07, 6.45) is 4.26. The molecular weight excluding hydrogens is 278 g/mol. The van der Waals surface area contributed by atoms with Gasteiger partial charge in [0.1, 0.15) is 5.75 Å². The molecular formula is C17H23N3O2. The van der Waals surface area contributed by atoms with Crippen LogP contribution in [0, 0.1) is 0 Å². The highest BCUT2D eigenvalue weighted by molar-refractivity contribution is 5.93. The molecule has 0 fully saturated rings. The fraction of sp³-hybridized carbons (Fsp3) is 0.412. The van der Waals surface area contributed by atoms with E-state index in [9.17, 15) is 4.79 Å². The Bertz CT molecular complexity index is 605. The quantitative estimate of drug-likeness (QED) is 0.855. The third-order valence-electron chi connectivity index (χ3n) is 3.77. The first-order valence-electron chi connectivity index (χ1n) is 7.58. The number of amides is 1. The zero-order valence-corrected chi connectivity index (χ0v) is 13.4. The first-order chi connectivity index (χ1) is 10.6. The van der Waals surface area contributed by atoms with Crippen LogP contribution >= 0.6 is 0 Å². The van der Waals surface area contributed by atoms with Gasteiger partial charge in [-0.15, -0.1) is 0 Å². The number of hydrogen-bond donors (Lipinski definition) is 1. The van der Waals surface area contributed by atoms with Crippen LogP contribution in [0.3, 0.4) is 0 Å². The van der Waals surface area contributed by atoms with E-state index in [4.69, 9.17) is 4.74 Å². The SMILES string of the molecule is CCn1cc(C(=O)NCC[C@H](C)c2ccc(OC)cc2)cn1. The maximum absolute atomic E-state index is 12.0. The van der Waals surface area contributed by atoms with Crippen molar-refractivity contribution in [3.8, 4) is 5.75 Å². The zero-order chi connectivity index (χ0) is 15.9. The van der Waals surface area contributed by atoms with Crippen molar-refractivity contribution < 1.29 is 9.53 Å². The van der Waals surface area contributed by atoms with Crippen LogP contribution in [-0.4, -0.2) is 29.3 Å². The normalized spacial score (nSPS) is 12.0. The number of nitrogens with one attached hydrogen (secondary N) is 1. The summed E-state index contributed by atoms with van der Waals surface area (Å²) in [5.74, 6) is 1.17. The molecule has 0 unspecified atom stereocenters. The predicted molar refractivity (Wildman–Crippen MR) is 86.3 cm³/mol. The first-order valence-corrected chi connectivity index (χ1v) is 7.58. The summed E-state index contributed by atoms with van der Waals surface area (Å²) in [7, 11) is 1.66. The molecule has 1 aromatic heterocycles. The molecule has 1 N–H and O–H groups in total. The van der Waals surface area contributed by atoms with Crippen LogP contribution in [0.1, 0.15) is 42.1 Å². The topological polar surface area (TPSA) is 56.2 Å². The standard InChI is InChI=1S/C17H23N3O2/c1-4-20-12-15(11-19-20)17(21)18-10-9-13(2)14-5-7-16(22-3)8-6-14/h5-8,11-13H,4,9-10H2,1-3H3,(H,18,21)/t13-/m0/s1. The lowest BCUT2D eigenvalue weighted by molar-refractivity contribution is 0.0952. The van der Waals surface area contributed by atoms with Gasteiger partial charge in [0.15, 0.2) is 0 Å². The lowest BCUT2D eigenvalue weighted by Gasteiger charge is -2.13. The number of ether oxygens (including phenoxy) is 1. The number of nitrogens with zero attached hydrogens (tertiary/aromatic N) is 2. The van der Waals surface area contributed by atoms with E-state index in [1.807, 2.05) is 19.1 Å². The van der Waals surface area contributed by atoms with E-state index in [-0.39, 0.29) is 5.91 Å². The Kier molecular flexibility index (Phi) is 5.58. The van der Waals surface area contributed by atoms with Crippen LogP contribution in [0.4, 0.5) is 0 Å². The van der Waals surface area contributed by atoms with Gasteiger partial charge in [0.2, 0.25) is 0 Å². The van der Waals surface area contributed by atoms with Crippen LogP contribution in [-0.2, 0) is 6.54 Å². The van der Waals surface area contributed by atoms with Gasteiger partial charge in [0.25, 0.3) is 5.91 Å². The van der Waals surface area contributed by atoms with Crippen LogP contribution in [0.5, 0.6) is 5.75 Å². The van der Waals surface area contributed by atoms with Gasteiger partial charge >= 0.3 is 0 Å². The highest BCUT2D eigenvalue weighted by atomic mass is 16.5. The van der Waals surface area contributed by atoms with Gasteiger partial charge in [0.05, 0.1) is 18.9 Å². The van der Waals surface area contributed by atoms with Gasteiger partial charge in [-0.05, 0) is 37.0 Å². The average molecular weight is 301 g/mol. The molecule has 2 rings (SSSR count). The Labute approximate surface area is 131 Å². The third kappa shape index (κ3) is 4.10. The van der Waals surface area contributed by atoms with Gasteiger partial charge < -0.3 is 10.1 Å². The average Bonchev–Trinajstić information content (AvgIpc) is 3.04. The van der Waals surface area contributed by atoms with Crippen molar-refractivity contribution in [2.45, 2.75) is 32.7 Å². The van der Waals surface area contributed by atoms with Gasteiger partial charge in [-0.2, -0.15) is 5.10 Å². The van der Waals surface area contributed by atoms with E-state index in [2.05, 4.69) is 29.5 Å². The minimum Gasteiger partial charge on any atom is -0.497 e. The van der Waals surface area contributed by atoms with Crippen LogP contribution in [0.2, 0.25) is 0 Å². The molecule has 0 aliphatic carbocycles. The van der Waals surface area contributed by atoms with E-state index < -0.39 is 0 Å². The molecule has 118 valence electrons. The highest BCUT2D eigenvalue weighted by Gasteiger charge is 2.10. The van der Waals surface area contributed by atoms with Gasteiger partial charge in [0, 0.05) is 19.3 Å². The predicted octanol–water partition coefficient (Wildman–Crippen LogP) is 2.84. The van der Waals surface area contributed by atoms with Crippen molar-refractivity contribution in [2.24, 2.45) is 0 Å². The minimum absolute atomic E-state index is 0.0679. The van der Waals surface area contributed by atoms with Crippen LogP contribution in [0.25, 0.3) is 0 Å². The van der Waals surface area contributed by atoms with Crippen molar-refractivity contribution >= 4 is 5.91 Å². The second-order valence-corrected chi connectivity index (χ2v) is 5.30. The van der Waals surface area contributed by atoms with Crippen molar-refractivity contribution in [3.05, 3.63) is 47.8 Å². The second kappa shape index (κ2) is 7.64. The van der Waals surface area contributed by atoms with Crippen LogP contribution < -0.4 is 10.1 Å². The van der Waals surface area contributed by atoms with Gasteiger partial charge in [-0.25, -0.2) is 0 Å². The molecule has 0 radical (unpaired) electrons.